The van der Waals surface area contributed by atoms with Gasteiger partial charge in [-0.1, -0.05) is 36.4 Å². The van der Waals surface area contributed by atoms with Gasteiger partial charge in [-0.05, 0) is 54.6 Å². The average Bonchev–Trinajstić information content (AvgIpc) is 3.24. The molecule has 2 aliphatic rings. The van der Waals surface area contributed by atoms with Crippen LogP contribution in [0.1, 0.15) is 18.4 Å². The van der Waals surface area contributed by atoms with Crippen LogP contribution in [-0.2, 0) is 11.2 Å². The standard InChI is InChI=1S/C19H20N2O.ClH/c22-19(17-7-4-11-20-17)21-12-10-16-13-15(8-9-18(16)21)14-5-2-1-3-6-14;/h1-3,5-6,8-9,13,17,20H,4,7,10-12H2;1H. The maximum Gasteiger partial charge on any atom is 0.244 e. The van der Waals surface area contributed by atoms with Crippen molar-refractivity contribution < 1.29 is 4.79 Å². The summed E-state index contributed by atoms with van der Waals surface area (Å²) in [5, 5.41) is 3.31. The van der Waals surface area contributed by atoms with Crippen LogP contribution in [0.3, 0.4) is 0 Å². The van der Waals surface area contributed by atoms with Crippen molar-refractivity contribution in [1.82, 2.24) is 5.32 Å². The Balaban J connectivity index is 0.00000156. The number of rotatable bonds is 2. The van der Waals surface area contributed by atoms with Crippen LogP contribution < -0.4 is 10.2 Å². The minimum Gasteiger partial charge on any atom is -0.310 e. The zero-order valence-corrected chi connectivity index (χ0v) is 13.8. The molecule has 0 aliphatic carbocycles. The quantitative estimate of drug-likeness (QED) is 0.916. The summed E-state index contributed by atoms with van der Waals surface area (Å²) in [6.45, 7) is 1.77. The molecule has 0 bridgehead atoms. The Morgan fingerprint density at radius 1 is 1.09 bits per heavy atom. The molecule has 4 rings (SSSR count). The second-order valence-electron chi connectivity index (χ2n) is 6.10. The van der Waals surface area contributed by atoms with E-state index in [1.807, 2.05) is 11.0 Å². The molecule has 2 aromatic rings. The molecule has 1 amide bonds. The maximum absolute atomic E-state index is 12.6. The number of hydrogen-bond acceptors (Lipinski definition) is 2. The summed E-state index contributed by atoms with van der Waals surface area (Å²) < 4.78 is 0. The highest BCUT2D eigenvalue weighted by atomic mass is 35.5. The van der Waals surface area contributed by atoms with Crippen LogP contribution in [0, 0.1) is 0 Å². The lowest BCUT2D eigenvalue weighted by Gasteiger charge is -2.21. The van der Waals surface area contributed by atoms with Crippen molar-refractivity contribution >= 4 is 24.0 Å². The van der Waals surface area contributed by atoms with Crippen molar-refractivity contribution in [2.24, 2.45) is 0 Å². The lowest BCUT2D eigenvalue weighted by Crippen LogP contribution is -2.42. The van der Waals surface area contributed by atoms with Gasteiger partial charge in [0.1, 0.15) is 0 Å². The molecular formula is C19H21ClN2O. The van der Waals surface area contributed by atoms with Gasteiger partial charge < -0.3 is 10.2 Å². The van der Waals surface area contributed by atoms with Crippen molar-refractivity contribution in [1.29, 1.82) is 0 Å². The lowest BCUT2D eigenvalue weighted by molar-refractivity contribution is -0.120. The van der Waals surface area contributed by atoms with E-state index in [0.717, 1.165) is 38.0 Å². The van der Waals surface area contributed by atoms with Gasteiger partial charge in [0.05, 0.1) is 6.04 Å². The molecule has 2 heterocycles. The number of hydrogen-bond donors (Lipinski definition) is 1. The fraction of sp³-hybridized carbons (Fsp3) is 0.316. The van der Waals surface area contributed by atoms with Gasteiger partial charge in [0.25, 0.3) is 0 Å². The first-order valence-electron chi connectivity index (χ1n) is 8.06. The molecule has 1 fully saturated rings. The Kier molecular flexibility index (Phi) is 4.69. The van der Waals surface area contributed by atoms with Crippen LogP contribution >= 0.6 is 12.4 Å². The van der Waals surface area contributed by atoms with Crippen molar-refractivity contribution in [3.63, 3.8) is 0 Å². The summed E-state index contributed by atoms with van der Waals surface area (Å²) in [4.78, 5) is 14.6. The van der Waals surface area contributed by atoms with E-state index in [1.54, 1.807) is 0 Å². The molecule has 4 heteroatoms. The van der Waals surface area contributed by atoms with E-state index in [0.29, 0.717) is 0 Å². The first-order valence-corrected chi connectivity index (χ1v) is 8.06. The molecule has 120 valence electrons. The first kappa shape index (κ1) is 16.0. The van der Waals surface area contributed by atoms with Crippen molar-refractivity contribution in [3.8, 4) is 11.1 Å². The fourth-order valence-electron chi connectivity index (χ4n) is 3.52. The highest BCUT2D eigenvalue weighted by Crippen LogP contribution is 2.33. The Morgan fingerprint density at radius 3 is 2.65 bits per heavy atom. The highest BCUT2D eigenvalue weighted by molar-refractivity contribution is 5.99. The van der Waals surface area contributed by atoms with E-state index in [4.69, 9.17) is 0 Å². The third-order valence-electron chi connectivity index (χ3n) is 4.71. The number of fused-ring (bicyclic) bond motifs is 1. The number of carbonyl (C=O) groups excluding carboxylic acids is 1. The summed E-state index contributed by atoms with van der Waals surface area (Å²) in [7, 11) is 0. The molecule has 1 N–H and O–H groups in total. The van der Waals surface area contributed by atoms with Crippen LogP contribution in [0.4, 0.5) is 5.69 Å². The minimum atomic E-state index is 0. The summed E-state index contributed by atoms with van der Waals surface area (Å²) in [6, 6.07) is 16.9. The van der Waals surface area contributed by atoms with E-state index >= 15 is 0 Å². The summed E-state index contributed by atoms with van der Waals surface area (Å²) >= 11 is 0. The SMILES string of the molecule is Cl.O=C(C1CCCN1)N1CCc2cc(-c3ccccc3)ccc21. The van der Waals surface area contributed by atoms with Gasteiger partial charge in [-0.15, -0.1) is 12.4 Å². The van der Waals surface area contributed by atoms with Gasteiger partial charge in [-0.25, -0.2) is 0 Å². The molecule has 3 nitrogen and oxygen atoms in total. The molecule has 1 unspecified atom stereocenters. The Bertz CT molecular complexity index is 696. The van der Waals surface area contributed by atoms with E-state index < -0.39 is 0 Å². The van der Waals surface area contributed by atoms with Crippen LogP contribution in [0.15, 0.2) is 48.5 Å². The van der Waals surface area contributed by atoms with Crippen LogP contribution in [0.5, 0.6) is 0 Å². The normalized spacial score (nSPS) is 19.3. The molecule has 1 atom stereocenters. The third kappa shape index (κ3) is 2.99. The zero-order chi connectivity index (χ0) is 14.9. The second kappa shape index (κ2) is 6.73. The van der Waals surface area contributed by atoms with Crippen LogP contribution in [-0.4, -0.2) is 25.0 Å². The van der Waals surface area contributed by atoms with Gasteiger partial charge in [0, 0.05) is 12.2 Å². The summed E-state index contributed by atoms with van der Waals surface area (Å²) in [5.41, 5.74) is 4.84. The van der Waals surface area contributed by atoms with Gasteiger partial charge in [-0.3, -0.25) is 4.79 Å². The lowest BCUT2D eigenvalue weighted by atomic mass is 10.0. The largest absolute Gasteiger partial charge is 0.310 e. The summed E-state index contributed by atoms with van der Waals surface area (Å²) in [5.74, 6) is 0.240. The third-order valence-corrected chi connectivity index (χ3v) is 4.71. The molecule has 1 saturated heterocycles. The average molecular weight is 329 g/mol. The smallest absolute Gasteiger partial charge is 0.244 e. The zero-order valence-electron chi connectivity index (χ0n) is 13.0. The number of anilines is 1. The van der Waals surface area contributed by atoms with Crippen molar-refractivity contribution in [2.45, 2.75) is 25.3 Å². The molecule has 0 aromatic heterocycles. The number of amides is 1. The van der Waals surface area contributed by atoms with Gasteiger partial charge >= 0.3 is 0 Å². The Morgan fingerprint density at radius 2 is 1.91 bits per heavy atom. The molecule has 23 heavy (non-hydrogen) atoms. The van der Waals surface area contributed by atoms with E-state index in [9.17, 15) is 4.79 Å². The first-order chi connectivity index (χ1) is 10.8. The Hall–Kier alpha value is -1.84. The van der Waals surface area contributed by atoms with Gasteiger partial charge in [0.2, 0.25) is 5.91 Å². The van der Waals surface area contributed by atoms with E-state index in [1.165, 1.54) is 16.7 Å². The van der Waals surface area contributed by atoms with E-state index in [-0.39, 0.29) is 24.4 Å². The highest BCUT2D eigenvalue weighted by Gasteiger charge is 2.31. The minimum absolute atomic E-state index is 0. The number of carbonyl (C=O) groups is 1. The fourth-order valence-corrected chi connectivity index (χ4v) is 3.52. The second-order valence-corrected chi connectivity index (χ2v) is 6.10. The van der Waals surface area contributed by atoms with Crippen molar-refractivity contribution in [2.75, 3.05) is 18.0 Å². The van der Waals surface area contributed by atoms with Gasteiger partial charge in [0.15, 0.2) is 0 Å². The molecule has 0 radical (unpaired) electrons. The number of benzene rings is 2. The molecule has 2 aliphatic heterocycles. The van der Waals surface area contributed by atoms with Crippen LogP contribution in [0.25, 0.3) is 11.1 Å². The molecule has 0 spiro atoms. The number of nitrogens with zero attached hydrogens (tertiary/aromatic N) is 1. The topological polar surface area (TPSA) is 32.3 Å². The molecule has 2 aromatic carbocycles. The van der Waals surface area contributed by atoms with Crippen LogP contribution in [0.2, 0.25) is 0 Å². The monoisotopic (exact) mass is 328 g/mol. The predicted octanol–water partition coefficient (Wildman–Crippen LogP) is 3.42. The predicted molar refractivity (Wildman–Crippen MR) is 96.2 cm³/mol. The molecule has 0 saturated carbocycles. The van der Waals surface area contributed by atoms with E-state index in [2.05, 4.69) is 47.8 Å². The number of nitrogens with one attached hydrogen (secondary N) is 1. The maximum atomic E-state index is 12.6. The summed E-state index contributed by atoms with van der Waals surface area (Å²) in [6.07, 6.45) is 3.02. The molecular weight excluding hydrogens is 308 g/mol. The Labute approximate surface area is 143 Å². The van der Waals surface area contributed by atoms with Gasteiger partial charge in [-0.2, -0.15) is 0 Å². The van der Waals surface area contributed by atoms with Crippen molar-refractivity contribution in [3.05, 3.63) is 54.1 Å². The number of halogens is 1.